The molecule has 0 saturated carbocycles. The van der Waals surface area contributed by atoms with Crippen LogP contribution >= 0.6 is 0 Å². The van der Waals surface area contributed by atoms with Crippen LogP contribution in [0, 0.1) is 17.0 Å². The third kappa shape index (κ3) is 3.89. The summed E-state index contributed by atoms with van der Waals surface area (Å²) in [6, 6.07) is 4.39. The van der Waals surface area contributed by atoms with Gasteiger partial charge in [0.2, 0.25) is 0 Å². The molecule has 1 N–H and O–H groups in total. The number of aryl methyl sites for hydroxylation is 1. The molecule has 0 bridgehead atoms. The van der Waals surface area contributed by atoms with Crippen LogP contribution in [0.5, 0.6) is 0 Å². The van der Waals surface area contributed by atoms with Gasteiger partial charge in [0.1, 0.15) is 0 Å². The van der Waals surface area contributed by atoms with Crippen molar-refractivity contribution in [3.63, 3.8) is 0 Å². The summed E-state index contributed by atoms with van der Waals surface area (Å²) in [6.07, 6.45) is 2.55. The van der Waals surface area contributed by atoms with Gasteiger partial charge in [0.15, 0.2) is 0 Å². The van der Waals surface area contributed by atoms with Crippen molar-refractivity contribution in [2.45, 2.75) is 13.8 Å². The van der Waals surface area contributed by atoms with Crippen LogP contribution in [0.3, 0.4) is 0 Å². The van der Waals surface area contributed by atoms with Crippen molar-refractivity contribution in [1.82, 2.24) is 0 Å². The molecule has 0 radical (unpaired) electrons. The zero-order valence-corrected chi connectivity index (χ0v) is 10.2. The van der Waals surface area contributed by atoms with Crippen LogP contribution in [0.25, 0.3) is 0 Å². The first-order chi connectivity index (χ1) is 8.54. The number of amides is 1. The molecule has 0 aliphatic carbocycles. The Morgan fingerprint density at radius 1 is 1.56 bits per heavy atom. The summed E-state index contributed by atoms with van der Waals surface area (Å²) in [7, 11) is 0. The van der Waals surface area contributed by atoms with E-state index < -0.39 is 4.92 Å². The number of nitrogens with one attached hydrogen (secondary N) is 1. The fourth-order valence-corrected chi connectivity index (χ4v) is 1.33. The zero-order chi connectivity index (χ0) is 13.5. The van der Waals surface area contributed by atoms with E-state index in [0.717, 1.165) is 0 Å². The van der Waals surface area contributed by atoms with Crippen LogP contribution < -0.4 is 5.32 Å². The van der Waals surface area contributed by atoms with Crippen molar-refractivity contribution in [3.8, 4) is 0 Å². The van der Waals surface area contributed by atoms with Crippen LogP contribution in [-0.2, 0) is 9.53 Å². The molecule has 1 aromatic rings. The summed E-state index contributed by atoms with van der Waals surface area (Å²) in [5.74, 6) is -0.350. The van der Waals surface area contributed by atoms with Crippen molar-refractivity contribution >= 4 is 17.3 Å². The lowest BCUT2D eigenvalue weighted by Gasteiger charge is -2.03. The van der Waals surface area contributed by atoms with E-state index >= 15 is 0 Å². The second-order valence-corrected chi connectivity index (χ2v) is 3.51. The van der Waals surface area contributed by atoms with Crippen molar-refractivity contribution < 1.29 is 14.5 Å². The van der Waals surface area contributed by atoms with E-state index in [2.05, 4.69) is 5.32 Å². The van der Waals surface area contributed by atoms with Crippen molar-refractivity contribution in [2.75, 3.05) is 11.9 Å². The van der Waals surface area contributed by atoms with Crippen molar-refractivity contribution in [3.05, 3.63) is 46.2 Å². The lowest BCUT2D eigenvalue weighted by molar-refractivity contribution is -0.385. The van der Waals surface area contributed by atoms with E-state index in [9.17, 15) is 14.9 Å². The number of carbonyl (C=O) groups excluding carboxylic acids is 1. The Morgan fingerprint density at radius 2 is 2.28 bits per heavy atom. The molecule has 1 amide bonds. The summed E-state index contributed by atoms with van der Waals surface area (Å²) < 4.78 is 4.89. The van der Waals surface area contributed by atoms with Gasteiger partial charge in [-0.2, -0.15) is 0 Å². The molecular weight excluding hydrogens is 236 g/mol. The number of rotatable bonds is 5. The largest absolute Gasteiger partial charge is 0.501 e. The predicted octanol–water partition coefficient (Wildman–Crippen LogP) is 2.39. The van der Waals surface area contributed by atoms with Gasteiger partial charge in [-0.3, -0.25) is 14.9 Å². The lowest BCUT2D eigenvalue weighted by atomic mass is 10.2. The fourth-order valence-electron chi connectivity index (χ4n) is 1.33. The first-order valence-corrected chi connectivity index (χ1v) is 5.38. The summed E-state index contributed by atoms with van der Waals surface area (Å²) in [4.78, 5) is 21.6. The highest BCUT2D eigenvalue weighted by molar-refractivity contribution is 5.99. The van der Waals surface area contributed by atoms with Gasteiger partial charge in [-0.15, -0.1) is 0 Å². The Labute approximate surface area is 104 Å². The molecule has 1 rings (SSSR count). The molecule has 0 atom stereocenters. The highest BCUT2D eigenvalue weighted by atomic mass is 16.6. The molecule has 96 valence electrons. The maximum atomic E-state index is 11.4. The molecule has 0 heterocycles. The molecule has 0 saturated heterocycles. The minimum Gasteiger partial charge on any atom is -0.501 e. The monoisotopic (exact) mass is 250 g/mol. The summed E-state index contributed by atoms with van der Waals surface area (Å²) in [5.41, 5.74) is 1.02. The molecule has 18 heavy (non-hydrogen) atoms. The van der Waals surface area contributed by atoms with Crippen LogP contribution in [0.4, 0.5) is 11.4 Å². The highest BCUT2D eigenvalue weighted by Gasteiger charge is 2.10. The Kier molecular flexibility index (Phi) is 4.86. The molecular formula is C12H14N2O4. The van der Waals surface area contributed by atoms with E-state index in [1.165, 1.54) is 24.5 Å². The second-order valence-electron chi connectivity index (χ2n) is 3.51. The van der Waals surface area contributed by atoms with E-state index in [4.69, 9.17) is 4.74 Å². The Morgan fingerprint density at radius 3 is 2.83 bits per heavy atom. The maximum Gasteiger partial charge on any atom is 0.272 e. The van der Waals surface area contributed by atoms with Gasteiger partial charge < -0.3 is 10.1 Å². The SMILES string of the molecule is CCO/C=C/C(=O)Nc1ccc([N+](=O)[O-])c(C)c1. The molecule has 0 spiro atoms. The van der Waals surface area contributed by atoms with Crippen LogP contribution in [-0.4, -0.2) is 17.4 Å². The molecule has 0 fully saturated rings. The average Bonchev–Trinajstić information content (AvgIpc) is 2.28. The minimum atomic E-state index is -0.462. The predicted molar refractivity (Wildman–Crippen MR) is 67.2 cm³/mol. The van der Waals surface area contributed by atoms with E-state index in [0.29, 0.717) is 17.9 Å². The first-order valence-electron chi connectivity index (χ1n) is 5.38. The number of anilines is 1. The van der Waals surface area contributed by atoms with E-state index in [1.54, 1.807) is 13.0 Å². The number of nitrogens with zero attached hydrogens (tertiary/aromatic N) is 1. The number of hydrogen-bond donors (Lipinski definition) is 1. The third-order valence-corrected chi connectivity index (χ3v) is 2.14. The van der Waals surface area contributed by atoms with Gasteiger partial charge in [-0.25, -0.2) is 0 Å². The minimum absolute atomic E-state index is 0.0258. The smallest absolute Gasteiger partial charge is 0.272 e. The van der Waals surface area contributed by atoms with Crippen LogP contribution in [0.1, 0.15) is 12.5 Å². The Bertz CT molecular complexity index is 483. The highest BCUT2D eigenvalue weighted by Crippen LogP contribution is 2.21. The van der Waals surface area contributed by atoms with Crippen LogP contribution in [0.15, 0.2) is 30.5 Å². The Hall–Kier alpha value is -2.37. The summed E-state index contributed by atoms with van der Waals surface area (Å²) in [5, 5.41) is 13.2. The average molecular weight is 250 g/mol. The van der Waals surface area contributed by atoms with Gasteiger partial charge in [0, 0.05) is 23.4 Å². The quantitative estimate of drug-likeness (QED) is 0.376. The topological polar surface area (TPSA) is 81.5 Å². The van der Waals surface area contributed by atoms with E-state index in [1.807, 2.05) is 6.92 Å². The summed E-state index contributed by atoms with van der Waals surface area (Å²) >= 11 is 0. The number of nitro groups is 1. The number of carbonyl (C=O) groups is 1. The number of benzene rings is 1. The third-order valence-electron chi connectivity index (χ3n) is 2.14. The molecule has 0 aliphatic heterocycles. The number of ether oxygens (including phenoxy) is 1. The van der Waals surface area contributed by atoms with Gasteiger partial charge in [-0.05, 0) is 26.0 Å². The zero-order valence-electron chi connectivity index (χ0n) is 10.2. The van der Waals surface area contributed by atoms with Crippen LogP contribution in [0.2, 0.25) is 0 Å². The van der Waals surface area contributed by atoms with E-state index in [-0.39, 0.29) is 11.6 Å². The molecule has 0 aromatic heterocycles. The summed E-state index contributed by atoms with van der Waals surface area (Å²) in [6.45, 7) is 3.91. The molecule has 6 heteroatoms. The lowest BCUT2D eigenvalue weighted by Crippen LogP contribution is -2.08. The van der Waals surface area contributed by atoms with Crippen molar-refractivity contribution in [2.24, 2.45) is 0 Å². The molecule has 0 unspecified atom stereocenters. The van der Waals surface area contributed by atoms with Gasteiger partial charge in [0.05, 0.1) is 17.8 Å². The number of nitro benzene ring substituents is 1. The molecule has 1 aromatic carbocycles. The maximum absolute atomic E-state index is 11.4. The van der Waals surface area contributed by atoms with Gasteiger partial charge in [-0.1, -0.05) is 0 Å². The molecule has 6 nitrogen and oxygen atoms in total. The second kappa shape index (κ2) is 6.39. The first kappa shape index (κ1) is 13.7. The van der Waals surface area contributed by atoms with Crippen molar-refractivity contribution in [1.29, 1.82) is 0 Å². The van der Waals surface area contributed by atoms with Gasteiger partial charge >= 0.3 is 0 Å². The Balaban J connectivity index is 2.72. The fraction of sp³-hybridized carbons (Fsp3) is 0.250. The van der Waals surface area contributed by atoms with Gasteiger partial charge in [0.25, 0.3) is 11.6 Å². The normalized spacial score (nSPS) is 10.3. The standard InChI is InChI=1S/C12H14N2O4/c1-3-18-7-6-12(15)13-10-4-5-11(14(16)17)9(2)8-10/h4-8H,3H2,1-2H3,(H,13,15)/b7-6+. The molecule has 0 aliphatic rings. The number of hydrogen-bond acceptors (Lipinski definition) is 4.